The molecule has 0 heterocycles. The highest BCUT2D eigenvalue weighted by molar-refractivity contribution is 7.88. The first-order chi connectivity index (χ1) is 10.1. The molecule has 0 radical (unpaired) electrons. The van der Waals surface area contributed by atoms with Crippen LogP contribution in [0.4, 0.5) is 0 Å². The van der Waals surface area contributed by atoms with E-state index in [1.165, 1.54) is 24.3 Å². The third-order valence-electron chi connectivity index (χ3n) is 2.89. The van der Waals surface area contributed by atoms with Crippen molar-refractivity contribution in [1.82, 2.24) is 5.32 Å². The lowest BCUT2D eigenvalue weighted by Gasteiger charge is -2.16. The Bertz CT molecular complexity index is 638. The molecule has 4 N–H and O–H groups in total. The second-order valence-electron chi connectivity index (χ2n) is 5.50. The maximum absolute atomic E-state index is 12.0. The molecule has 122 valence electrons. The first kappa shape index (κ1) is 18.1. The van der Waals surface area contributed by atoms with Crippen molar-refractivity contribution >= 4 is 21.9 Å². The summed E-state index contributed by atoms with van der Waals surface area (Å²) in [4.78, 5) is 23.1. The molecular formula is C14H20N2O5S. The monoisotopic (exact) mass is 328 g/mol. The smallest absolute Gasteiger partial charge is 0.326 e. The molecule has 0 aliphatic carbocycles. The Morgan fingerprint density at radius 1 is 1.23 bits per heavy atom. The number of nitrogens with two attached hydrogens (primary N) is 1. The van der Waals surface area contributed by atoms with Crippen LogP contribution in [-0.4, -0.2) is 31.4 Å². The van der Waals surface area contributed by atoms with Gasteiger partial charge in [0.1, 0.15) is 6.04 Å². The molecule has 0 aliphatic rings. The number of carbonyl (C=O) groups excluding carboxylic acids is 1. The summed E-state index contributed by atoms with van der Waals surface area (Å²) >= 11 is 0. The van der Waals surface area contributed by atoms with Crippen LogP contribution in [-0.2, 0) is 20.6 Å². The summed E-state index contributed by atoms with van der Waals surface area (Å²) < 4.78 is 22.0. The number of nitrogens with one attached hydrogen (secondary N) is 1. The molecule has 8 heteroatoms. The van der Waals surface area contributed by atoms with Gasteiger partial charge in [-0.1, -0.05) is 26.0 Å². The Morgan fingerprint density at radius 3 is 2.18 bits per heavy atom. The number of carboxylic acid groups (broad SMARTS) is 1. The van der Waals surface area contributed by atoms with Crippen LogP contribution in [0.2, 0.25) is 0 Å². The Morgan fingerprint density at radius 2 is 1.77 bits per heavy atom. The van der Waals surface area contributed by atoms with Crippen molar-refractivity contribution in [2.75, 3.05) is 0 Å². The highest BCUT2D eigenvalue weighted by Gasteiger charge is 2.21. The van der Waals surface area contributed by atoms with Crippen molar-refractivity contribution in [2.24, 2.45) is 11.1 Å². The van der Waals surface area contributed by atoms with Crippen molar-refractivity contribution in [1.29, 1.82) is 0 Å². The molecule has 0 bridgehead atoms. The largest absolute Gasteiger partial charge is 0.480 e. The van der Waals surface area contributed by atoms with E-state index in [-0.39, 0.29) is 17.2 Å². The summed E-state index contributed by atoms with van der Waals surface area (Å²) in [5.74, 6) is -1.80. The Hall–Kier alpha value is -1.93. The number of primary sulfonamides is 1. The molecule has 0 aliphatic heterocycles. The van der Waals surface area contributed by atoms with E-state index in [0.717, 1.165) is 0 Å². The summed E-state index contributed by atoms with van der Waals surface area (Å²) in [7, 11) is -3.63. The van der Waals surface area contributed by atoms with Gasteiger partial charge in [-0.05, 0) is 30.0 Å². The predicted molar refractivity (Wildman–Crippen MR) is 81.6 cm³/mol. The third kappa shape index (κ3) is 6.23. The molecule has 1 rings (SSSR count). The lowest BCUT2D eigenvalue weighted by molar-refractivity contribution is -0.139. The number of sulfonamides is 1. The van der Waals surface area contributed by atoms with Gasteiger partial charge in [0.2, 0.25) is 10.0 Å². The van der Waals surface area contributed by atoms with Gasteiger partial charge >= 0.3 is 5.97 Å². The number of carboxylic acids is 1. The van der Waals surface area contributed by atoms with E-state index in [0.29, 0.717) is 12.0 Å². The summed E-state index contributed by atoms with van der Waals surface area (Å²) in [6, 6.07) is 4.85. The van der Waals surface area contributed by atoms with E-state index in [9.17, 15) is 18.0 Å². The number of benzene rings is 1. The second-order valence-corrected chi connectivity index (χ2v) is 7.11. The number of hydrogen-bond acceptors (Lipinski definition) is 4. The lowest BCUT2D eigenvalue weighted by atomic mass is 10.0. The molecule has 7 nitrogen and oxygen atoms in total. The normalized spacial score (nSPS) is 12.9. The number of rotatable bonds is 7. The van der Waals surface area contributed by atoms with Crippen molar-refractivity contribution < 1.29 is 23.1 Å². The molecule has 0 fully saturated rings. The molecule has 0 saturated carbocycles. The minimum Gasteiger partial charge on any atom is -0.480 e. The van der Waals surface area contributed by atoms with Crippen molar-refractivity contribution in [3.8, 4) is 0 Å². The standard InChI is InChI=1S/C14H20N2O5S/c1-9(2)7-12(14(18)19)16-13(17)11-5-3-10(4-6-11)8-22(15,20)21/h3-6,9,12H,7-8H2,1-2H3,(H,16,17)(H,18,19)(H2,15,20,21)/t12-/m1/s1. The lowest BCUT2D eigenvalue weighted by Crippen LogP contribution is -2.41. The van der Waals surface area contributed by atoms with Gasteiger partial charge in [-0.3, -0.25) is 4.79 Å². The molecule has 0 aromatic heterocycles. The number of aliphatic carboxylic acids is 1. The van der Waals surface area contributed by atoms with E-state index >= 15 is 0 Å². The van der Waals surface area contributed by atoms with Crippen molar-refractivity contribution in [3.05, 3.63) is 35.4 Å². The topological polar surface area (TPSA) is 127 Å². The molecular weight excluding hydrogens is 308 g/mol. The maximum Gasteiger partial charge on any atom is 0.326 e. The molecule has 1 aromatic carbocycles. The summed E-state index contributed by atoms with van der Waals surface area (Å²) in [5, 5.41) is 16.5. The number of amides is 1. The Kier molecular flexibility index (Phi) is 6.07. The zero-order chi connectivity index (χ0) is 16.9. The van der Waals surface area contributed by atoms with Crippen LogP contribution >= 0.6 is 0 Å². The average molecular weight is 328 g/mol. The van der Waals surface area contributed by atoms with Gasteiger partial charge in [-0.25, -0.2) is 18.4 Å². The van der Waals surface area contributed by atoms with E-state index < -0.39 is 27.9 Å². The second kappa shape index (κ2) is 7.37. The Labute approximate surface area is 129 Å². The first-order valence-electron chi connectivity index (χ1n) is 6.71. The van der Waals surface area contributed by atoms with Gasteiger partial charge in [0.25, 0.3) is 5.91 Å². The van der Waals surface area contributed by atoms with Crippen LogP contribution in [0.25, 0.3) is 0 Å². The van der Waals surface area contributed by atoms with Crippen LogP contribution in [0.1, 0.15) is 36.2 Å². The fourth-order valence-electron chi connectivity index (χ4n) is 1.92. The minimum atomic E-state index is -3.63. The van der Waals surface area contributed by atoms with Crippen LogP contribution in [0.5, 0.6) is 0 Å². The maximum atomic E-state index is 12.0. The molecule has 0 unspecified atom stereocenters. The van der Waals surface area contributed by atoms with Gasteiger partial charge < -0.3 is 10.4 Å². The van der Waals surface area contributed by atoms with E-state index in [2.05, 4.69) is 5.32 Å². The predicted octanol–water partition coefficient (Wildman–Crippen LogP) is 0.704. The molecule has 22 heavy (non-hydrogen) atoms. The highest BCUT2D eigenvalue weighted by Crippen LogP contribution is 2.09. The fraction of sp³-hybridized carbons (Fsp3) is 0.429. The zero-order valence-electron chi connectivity index (χ0n) is 12.4. The van der Waals surface area contributed by atoms with Crippen molar-refractivity contribution in [2.45, 2.75) is 32.1 Å². The van der Waals surface area contributed by atoms with Gasteiger partial charge in [0.15, 0.2) is 0 Å². The van der Waals surface area contributed by atoms with Crippen molar-refractivity contribution in [3.63, 3.8) is 0 Å². The van der Waals surface area contributed by atoms with Gasteiger partial charge in [0, 0.05) is 5.56 Å². The number of carbonyl (C=O) groups is 2. The zero-order valence-corrected chi connectivity index (χ0v) is 13.3. The number of hydrogen-bond donors (Lipinski definition) is 3. The van der Waals surface area contributed by atoms with Crippen LogP contribution < -0.4 is 10.5 Å². The van der Waals surface area contributed by atoms with E-state index in [1.54, 1.807) is 0 Å². The van der Waals surface area contributed by atoms with Gasteiger partial charge in [-0.2, -0.15) is 0 Å². The third-order valence-corrected chi connectivity index (χ3v) is 3.63. The molecule has 1 amide bonds. The Balaban J connectivity index is 2.78. The van der Waals surface area contributed by atoms with Gasteiger partial charge in [0.05, 0.1) is 5.75 Å². The van der Waals surface area contributed by atoms with Gasteiger partial charge in [-0.15, -0.1) is 0 Å². The highest BCUT2D eigenvalue weighted by atomic mass is 32.2. The van der Waals surface area contributed by atoms with Crippen LogP contribution in [0.3, 0.4) is 0 Å². The summed E-state index contributed by atoms with van der Waals surface area (Å²) in [6.07, 6.45) is 0.324. The molecule has 0 saturated heterocycles. The average Bonchev–Trinajstić information content (AvgIpc) is 2.36. The summed E-state index contributed by atoms with van der Waals surface area (Å²) in [6.45, 7) is 3.73. The minimum absolute atomic E-state index is 0.124. The quantitative estimate of drug-likeness (QED) is 0.679. The first-order valence-corrected chi connectivity index (χ1v) is 8.43. The molecule has 0 spiro atoms. The summed E-state index contributed by atoms with van der Waals surface area (Å²) in [5.41, 5.74) is 0.712. The van der Waals surface area contributed by atoms with E-state index in [1.807, 2.05) is 13.8 Å². The molecule has 1 aromatic rings. The van der Waals surface area contributed by atoms with Crippen LogP contribution in [0, 0.1) is 5.92 Å². The SMILES string of the molecule is CC(C)C[C@@H](NC(=O)c1ccc(CS(N)(=O)=O)cc1)C(=O)O. The van der Waals surface area contributed by atoms with Crippen LogP contribution in [0.15, 0.2) is 24.3 Å². The van der Waals surface area contributed by atoms with E-state index in [4.69, 9.17) is 10.2 Å². The fourth-order valence-corrected chi connectivity index (χ4v) is 2.58. The molecule has 1 atom stereocenters.